The highest BCUT2D eigenvalue weighted by atomic mass is 32.1. The Balaban J connectivity index is 1.69. The third-order valence-corrected chi connectivity index (χ3v) is 5.11. The quantitative estimate of drug-likeness (QED) is 0.879. The summed E-state index contributed by atoms with van der Waals surface area (Å²) in [6.45, 7) is 10.5. The minimum atomic E-state index is 0.646. The van der Waals surface area contributed by atoms with E-state index in [2.05, 4.69) is 48.5 Å². The van der Waals surface area contributed by atoms with Crippen molar-refractivity contribution in [1.29, 1.82) is 0 Å². The molecule has 0 bridgehead atoms. The molecule has 0 aromatic carbocycles. The van der Waals surface area contributed by atoms with E-state index in [1.165, 1.54) is 30.8 Å². The van der Waals surface area contributed by atoms with Crippen molar-refractivity contribution in [3.8, 4) is 0 Å². The van der Waals surface area contributed by atoms with Gasteiger partial charge >= 0.3 is 0 Å². The molecular weight excluding hydrogens is 240 g/mol. The molecule has 0 spiro atoms. The summed E-state index contributed by atoms with van der Waals surface area (Å²) in [5.41, 5.74) is 0. The van der Waals surface area contributed by atoms with Crippen molar-refractivity contribution in [1.82, 2.24) is 10.2 Å². The lowest BCUT2D eigenvalue weighted by Gasteiger charge is -2.35. The van der Waals surface area contributed by atoms with E-state index < -0.39 is 0 Å². The summed E-state index contributed by atoms with van der Waals surface area (Å²) in [7, 11) is 0. The van der Waals surface area contributed by atoms with Crippen LogP contribution in [0.5, 0.6) is 0 Å². The van der Waals surface area contributed by atoms with Gasteiger partial charge in [0.05, 0.1) is 0 Å². The topological polar surface area (TPSA) is 15.3 Å². The number of hydrogen-bond donors (Lipinski definition) is 1. The Morgan fingerprint density at radius 3 is 2.61 bits per heavy atom. The molecule has 2 rings (SSSR count). The fourth-order valence-corrected chi connectivity index (χ4v) is 3.42. The highest BCUT2D eigenvalue weighted by Gasteiger charge is 2.20. The predicted molar refractivity (Wildman–Crippen MR) is 80.5 cm³/mol. The van der Waals surface area contributed by atoms with Crippen LogP contribution in [0.4, 0.5) is 0 Å². The molecule has 0 aliphatic carbocycles. The summed E-state index contributed by atoms with van der Waals surface area (Å²) in [6.07, 6.45) is 2.60. The largest absolute Gasteiger partial charge is 0.313 e. The van der Waals surface area contributed by atoms with Gasteiger partial charge in [-0.3, -0.25) is 0 Å². The maximum atomic E-state index is 3.75. The molecule has 1 fully saturated rings. The van der Waals surface area contributed by atoms with E-state index >= 15 is 0 Å². The molecule has 0 unspecified atom stereocenters. The molecule has 1 atom stereocenters. The van der Waals surface area contributed by atoms with Crippen molar-refractivity contribution in [2.45, 2.75) is 51.6 Å². The van der Waals surface area contributed by atoms with Gasteiger partial charge < -0.3 is 10.2 Å². The Labute approximate surface area is 115 Å². The molecular formula is C15H26N2S. The van der Waals surface area contributed by atoms with Gasteiger partial charge in [0, 0.05) is 29.4 Å². The minimum absolute atomic E-state index is 0.646. The van der Waals surface area contributed by atoms with Crippen LogP contribution < -0.4 is 5.32 Å². The van der Waals surface area contributed by atoms with Crippen LogP contribution >= 0.6 is 11.3 Å². The molecule has 3 heteroatoms. The van der Waals surface area contributed by atoms with Crippen molar-refractivity contribution in [3.63, 3.8) is 0 Å². The van der Waals surface area contributed by atoms with Gasteiger partial charge in [-0.1, -0.05) is 13.0 Å². The SMILES string of the molecule is CC(C)N1CCC(NC[C@H](C)c2cccs2)CC1. The molecule has 18 heavy (non-hydrogen) atoms. The van der Waals surface area contributed by atoms with E-state index in [0.29, 0.717) is 12.0 Å². The Bertz CT molecular complexity index is 326. The van der Waals surface area contributed by atoms with Gasteiger partial charge in [-0.05, 0) is 51.2 Å². The van der Waals surface area contributed by atoms with E-state index in [9.17, 15) is 0 Å². The number of piperidine rings is 1. The van der Waals surface area contributed by atoms with Crippen molar-refractivity contribution in [2.24, 2.45) is 0 Å². The number of rotatable bonds is 5. The Hall–Kier alpha value is -0.380. The first kappa shape index (κ1) is 14.0. The Morgan fingerprint density at radius 2 is 2.06 bits per heavy atom. The maximum absolute atomic E-state index is 3.75. The fraction of sp³-hybridized carbons (Fsp3) is 0.733. The van der Waals surface area contributed by atoms with Crippen molar-refractivity contribution in [2.75, 3.05) is 19.6 Å². The third-order valence-electron chi connectivity index (χ3n) is 4.00. The molecule has 1 aromatic rings. The zero-order chi connectivity index (χ0) is 13.0. The Morgan fingerprint density at radius 1 is 1.33 bits per heavy atom. The number of likely N-dealkylation sites (tertiary alicyclic amines) is 1. The lowest BCUT2D eigenvalue weighted by atomic mass is 10.0. The van der Waals surface area contributed by atoms with Gasteiger partial charge in [0.25, 0.3) is 0 Å². The van der Waals surface area contributed by atoms with Crippen LogP contribution in [0.3, 0.4) is 0 Å². The van der Waals surface area contributed by atoms with E-state index in [4.69, 9.17) is 0 Å². The second-order valence-electron chi connectivity index (χ2n) is 5.73. The van der Waals surface area contributed by atoms with Crippen LogP contribution in [0.2, 0.25) is 0 Å². The molecule has 2 heterocycles. The summed E-state index contributed by atoms with van der Waals surface area (Å²) < 4.78 is 0. The van der Waals surface area contributed by atoms with Gasteiger partial charge in [0.15, 0.2) is 0 Å². The molecule has 1 saturated heterocycles. The molecule has 1 N–H and O–H groups in total. The van der Waals surface area contributed by atoms with Crippen LogP contribution in [0.1, 0.15) is 44.4 Å². The van der Waals surface area contributed by atoms with Gasteiger partial charge in [-0.15, -0.1) is 11.3 Å². The summed E-state index contributed by atoms with van der Waals surface area (Å²) in [6, 6.07) is 5.83. The summed E-state index contributed by atoms with van der Waals surface area (Å²) >= 11 is 1.87. The van der Waals surface area contributed by atoms with Gasteiger partial charge in [0.2, 0.25) is 0 Å². The van der Waals surface area contributed by atoms with E-state index in [-0.39, 0.29) is 0 Å². The number of nitrogens with one attached hydrogen (secondary N) is 1. The smallest absolute Gasteiger partial charge is 0.00916 e. The summed E-state index contributed by atoms with van der Waals surface area (Å²) in [4.78, 5) is 4.09. The predicted octanol–water partition coefficient (Wildman–Crippen LogP) is 3.31. The number of nitrogens with zero attached hydrogens (tertiary/aromatic N) is 1. The second kappa shape index (κ2) is 6.69. The summed E-state index contributed by atoms with van der Waals surface area (Å²) in [5, 5.41) is 5.92. The highest BCUT2D eigenvalue weighted by molar-refractivity contribution is 7.10. The second-order valence-corrected chi connectivity index (χ2v) is 6.71. The number of thiophene rings is 1. The Kier molecular flexibility index (Phi) is 5.22. The maximum Gasteiger partial charge on any atom is 0.00916 e. The first-order valence-electron chi connectivity index (χ1n) is 7.17. The summed E-state index contributed by atoms with van der Waals surface area (Å²) in [5.74, 6) is 0.646. The van der Waals surface area contributed by atoms with Crippen LogP contribution in [-0.4, -0.2) is 36.6 Å². The zero-order valence-electron chi connectivity index (χ0n) is 11.9. The van der Waals surface area contributed by atoms with E-state index in [1.807, 2.05) is 11.3 Å². The lowest BCUT2D eigenvalue weighted by molar-refractivity contribution is 0.161. The van der Waals surface area contributed by atoms with Crippen LogP contribution in [0.25, 0.3) is 0 Å². The van der Waals surface area contributed by atoms with E-state index in [1.54, 1.807) is 0 Å². The first-order valence-corrected chi connectivity index (χ1v) is 8.05. The zero-order valence-corrected chi connectivity index (χ0v) is 12.7. The minimum Gasteiger partial charge on any atom is -0.313 e. The highest BCUT2D eigenvalue weighted by Crippen LogP contribution is 2.20. The normalized spacial score (nSPS) is 20.4. The molecule has 1 aromatic heterocycles. The molecule has 0 saturated carbocycles. The molecule has 1 aliphatic rings. The van der Waals surface area contributed by atoms with Crippen LogP contribution in [-0.2, 0) is 0 Å². The molecule has 0 amide bonds. The lowest BCUT2D eigenvalue weighted by Crippen LogP contribution is -2.45. The average Bonchev–Trinajstić information content (AvgIpc) is 2.90. The average molecular weight is 266 g/mol. The number of hydrogen-bond acceptors (Lipinski definition) is 3. The van der Waals surface area contributed by atoms with Gasteiger partial charge in [-0.2, -0.15) is 0 Å². The standard InChI is InChI=1S/C15H26N2S/c1-12(2)17-8-6-14(7-9-17)16-11-13(3)15-5-4-10-18-15/h4-5,10,12-14,16H,6-9,11H2,1-3H3/t13-/m0/s1. The molecule has 0 radical (unpaired) electrons. The van der Waals surface area contributed by atoms with E-state index in [0.717, 1.165) is 12.6 Å². The van der Waals surface area contributed by atoms with Gasteiger partial charge in [0.1, 0.15) is 0 Å². The van der Waals surface area contributed by atoms with Crippen LogP contribution in [0, 0.1) is 0 Å². The van der Waals surface area contributed by atoms with Crippen molar-refractivity contribution in [3.05, 3.63) is 22.4 Å². The van der Waals surface area contributed by atoms with Gasteiger partial charge in [-0.25, -0.2) is 0 Å². The fourth-order valence-electron chi connectivity index (χ4n) is 2.64. The van der Waals surface area contributed by atoms with Crippen molar-refractivity contribution < 1.29 is 0 Å². The molecule has 102 valence electrons. The monoisotopic (exact) mass is 266 g/mol. The first-order chi connectivity index (χ1) is 8.66. The molecule has 1 aliphatic heterocycles. The molecule has 2 nitrogen and oxygen atoms in total. The van der Waals surface area contributed by atoms with Crippen molar-refractivity contribution >= 4 is 11.3 Å². The third kappa shape index (κ3) is 3.81. The van der Waals surface area contributed by atoms with Crippen LogP contribution in [0.15, 0.2) is 17.5 Å².